The first-order valence-corrected chi connectivity index (χ1v) is 8.55. The second kappa shape index (κ2) is 6.05. The monoisotopic (exact) mass is 376 g/mol. The summed E-state index contributed by atoms with van der Waals surface area (Å²) in [5, 5.41) is 14.9. The predicted octanol–water partition coefficient (Wildman–Crippen LogP) is 4.84. The van der Waals surface area contributed by atoms with Gasteiger partial charge in [-0.15, -0.1) is 10.2 Å². The Morgan fingerprint density at radius 2 is 1.88 bits per heavy atom. The van der Waals surface area contributed by atoms with E-state index < -0.39 is 0 Å². The van der Waals surface area contributed by atoms with Crippen LogP contribution in [0.5, 0.6) is 5.75 Å². The van der Waals surface area contributed by atoms with Crippen molar-refractivity contribution in [3.8, 4) is 27.7 Å². The van der Waals surface area contributed by atoms with Gasteiger partial charge in [0.15, 0.2) is 5.82 Å². The largest absolute Gasteiger partial charge is 0.496 e. The van der Waals surface area contributed by atoms with Crippen molar-refractivity contribution < 1.29 is 4.74 Å². The maximum Gasteiger partial charge on any atom is 0.235 e. The van der Waals surface area contributed by atoms with Crippen LogP contribution < -0.4 is 4.74 Å². The Bertz CT molecular complexity index is 1040. The number of rotatable bonds is 3. The number of nitrogens with zero attached hydrogens (tertiary/aromatic N) is 4. The van der Waals surface area contributed by atoms with E-state index in [0.717, 1.165) is 21.9 Å². The molecule has 0 spiro atoms. The molecule has 2 aromatic carbocycles. The van der Waals surface area contributed by atoms with Crippen LogP contribution in [0, 0.1) is 0 Å². The maximum atomic E-state index is 6.10. The van der Waals surface area contributed by atoms with Crippen LogP contribution >= 0.6 is 34.5 Å². The lowest BCUT2D eigenvalue weighted by Gasteiger charge is -2.04. The molecule has 0 unspecified atom stereocenters. The number of ether oxygens (including phenoxy) is 1. The number of aromatic nitrogens is 4. The Morgan fingerprint density at radius 3 is 2.67 bits per heavy atom. The molecule has 4 rings (SSSR count). The maximum absolute atomic E-state index is 6.10. The fourth-order valence-electron chi connectivity index (χ4n) is 2.36. The van der Waals surface area contributed by atoms with Gasteiger partial charge in [-0.3, -0.25) is 0 Å². The van der Waals surface area contributed by atoms with Gasteiger partial charge in [0.05, 0.1) is 22.7 Å². The molecule has 0 bridgehead atoms. The second-order valence-corrected chi connectivity index (χ2v) is 6.72. The normalized spacial score (nSPS) is 11.1. The molecular weight excluding hydrogens is 367 g/mol. The summed E-state index contributed by atoms with van der Waals surface area (Å²) in [5.74, 6) is 1.35. The van der Waals surface area contributed by atoms with Crippen molar-refractivity contribution in [2.45, 2.75) is 0 Å². The van der Waals surface area contributed by atoms with E-state index in [1.54, 1.807) is 23.8 Å². The molecule has 0 amide bonds. The minimum absolute atomic E-state index is 0.491. The molecule has 5 nitrogen and oxygen atoms in total. The van der Waals surface area contributed by atoms with E-state index in [0.29, 0.717) is 20.8 Å². The summed E-state index contributed by atoms with van der Waals surface area (Å²) in [7, 11) is 1.62. The van der Waals surface area contributed by atoms with Gasteiger partial charge < -0.3 is 4.74 Å². The van der Waals surface area contributed by atoms with Crippen molar-refractivity contribution in [2.75, 3.05) is 7.11 Å². The molecule has 2 aromatic heterocycles. The molecule has 0 N–H and O–H groups in total. The van der Waals surface area contributed by atoms with Gasteiger partial charge in [-0.2, -0.15) is 9.61 Å². The minimum atomic E-state index is 0.491. The van der Waals surface area contributed by atoms with Crippen molar-refractivity contribution in [3.63, 3.8) is 0 Å². The van der Waals surface area contributed by atoms with Gasteiger partial charge in [-0.25, -0.2) is 0 Å². The van der Waals surface area contributed by atoms with Crippen LogP contribution in [0.15, 0.2) is 42.5 Å². The third kappa shape index (κ3) is 2.53. The van der Waals surface area contributed by atoms with E-state index in [2.05, 4.69) is 15.3 Å². The summed E-state index contributed by atoms with van der Waals surface area (Å²) in [6, 6.07) is 13.0. The van der Waals surface area contributed by atoms with E-state index in [-0.39, 0.29) is 0 Å². The Labute approximate surface area is 151 Å². The number of halogens is 2. The summed E-state index contributed by atoms with van der Waals surface area (Å²) in [6.45, 7) is 0. The van der Waals surface area contributed by atoms with Gasteiger partial charge in [0.2, 0.25) is 4.96 Å². The molecule has 0 atom stereocenters. The predicted molar refractivity (Wildman–Crippen MR) is 96.1 cm³/mol. The first-order chi connectivity index (χ1) is 11.7. The molecule has 0 fully saturated rings. The van der Waals surface area contributed by atoms with Crippen molar-refractivity contribution >= 4 is 39.5 Å². The first-order valence-electron chi connectivity index (χ1n) is 6.98. The summed E-state index contributed by atoms with van der Waals surface area (Å²) in [5.41, 5.74) is 1.71. The van der Waals surface area contributed by atoms with Gasteiger partial charge in [0.1, 0.15) is 10.8 Å². The van der Waals surface area contributed by atoms with Crippen LogP contribution in [-0.2, 0) is 0 Å². The van der Waals surface area contributed by atoms with Crippen molar-refractivity contribution in [2.24, 2.45) is 0 Å². The van der Waals surface area contributed by atoms with Crippen LogP contribution in [0.2, 0.25) is 10.0 Å². The average molecular weight is 377 g/mol. The fraction of sp³-hybridized carbons (Fsp3) is 0.0625. The molecule has 0 aliphatic rings. The summed E-state index contributed by atoms with van der Waals surface area (Å²) in [6.07, 6.45) is 0. The summed E-state index contributed by atoms with van der Waals surface area (Å²) < 4.78 is 7.11. The third-order valence-corrected chi connectivity index (χ3v) is 5.19. The zero-order chi connectivity index (χ0) is 16.7. The molecule has 4 aromatic rings. The van der Waals surface area contributed by atoms with Gasteiger partial charge in [0.25, 0.3) is 0 Å². The van der Waals surface area contributed by atoms with Gasteiger partial charge in [-0.1, -0.05) is 52.7 Å². The minimum Gasteiger partial charge on any atom is -0.496 e. The van der Waals surface area contributed by atoms with Gasteiger partial charge in [-0.05, 0) is 24.3 Å². The Morgan fingerprint density at radius 1 is 1.04 bits per heavy atom. The van der Waals surface area contributed by atoms with Crippen LogP contribution in [0.3, 0.4) is 0 Å². The third-order valence-electron chi connectivity index (χ3n) is 3.51. The molecule has 2 heterocycles. The summed E-state index contributed by atoms with van der Waals surface area (Å²) >= 11 is 13.5. The molecule has 0 saturated heterocycles. The highest BCUT2D eigenvalue weighted by Gasteiger charge is 2.17. The number of hydrogen-bond donors (Lipinski definition) is 0. The number of methoxy groups -OCH3 is 1. The van der Waals surface area contributed by atoms with Crippen LogP contribution in [0.25, 0.3) is 26.9 Å². The number of benzene rings is 2. The number of para-hydroxylation sites is 1. The van der Waals surface area contributed by atoms with E-state index in [9.17, 15) is 0 Å². The van der Waals surface area contributed by atoms with Crippen molar-refractivity contribution in [3.05, 3.63) is 52.5 Å². The Hall–Kier alpha value is -2.15. The van der Waals surface area contributed by atoms with E-state index in [1.165, 1.54) is 11.3 Å². The fourth-order valence-corrected chi connectivity index (χ4v) is 3.49. The topological polar surface area (TPSA) is 52.3 Å². The number of fused-ring (bicyclic) bond motifs is 1. The zero-order valence-corrected chi connectivity index (χ0v) is 14.7. The van der Waals surface area contributed by atoms with Crippen LogP contribution in [-0.4, -0.2) is 26.9 Å². The highest BCUT2D eigenvalue weighted by Crippen LogP contribution is 2.33. The average Bonchev–Trinajstić information content (AvgIpc) is 3.18. The van der Waals surface area contributed by atoms with Gasteiger partial charge in [0, 0.05) is 5.56 Å². The zero-order valence-electron chi connectivity index (χ0n) is 12.4. The van der Waals surface area contributed by atoms with E-state index in [1.807, 2.05) is 30.3 Å². The lowest BCUT2D eigenvalue weighted by molar-refractivity contribution is 0.416. The molecule has 120 valence electrons. The smallest absolute Gasteiger partial charge is 0.235 e. The van der Waals surface area contributed by atoms with Gasteiger partial charge >= 0.3 is 0 Å². The standard InChI is InChI=1S/C16H10Cl2N4OS/c1-23-13-5-3-2-4-10(13)14-19-20-16-22(14)21-15(24-16)9-6-7-11(17)12(18)8-9/h2-8H,1H3. The van der Waals surface area contributed by atoms with Crippen molar-refractivity contribution in [1.82, 2.24) is 19.8 Å². The van der Waals surface area contributed by atoms with Crippen molar-refractivity contribution in [1.29, 1.82) is 0 Å². The number of hydrogen-bond acceptors (Lipinski definition) is 5. The van der Waals surface area contributed by atoms with E-state index >= 15 is 0 Å². The SMILES string of the molecule is COc1ccccc1-c1nnc2sc(-c3ccc(Cl)c(Cl)c3)nn12. The lowest BCUT2D eigenvalue weighted by Crippen LogP contribution is -1.94. The molecule has 0 saturated carbocycles. The Kier molecular flexibility index (Phi) is 3.88. The summed E-state index contributed by atoms with van der Waals surface area (Å²) in [4.78, 5) is 0.692. The van der Waals surface area contributed by atoms with E-state index in [4.69, 9.17) is 27.9 Å². The second-order valence-electron chi connectivity index (χ2n) is 4.95. The highest BCUT2D eigenvalue weighted by atomic mass is 35.5. The molecular formula is C16H10Cl2N4OS. The van der Waals surface area contributed by atoms with Crippen LogP contribution in [0.1, 0.15) is 0 Å². The molecule has 0 radical (unpaired) electrons. The molecule has 24 heavy (non-hydrogen) atoms. The van der Waals surface area contributed by atoms with Crippen LogP contribution in [0.4, 0.5) is 0 Å². The highest BCUT2D eigenvalue weighted by molar-refractivity contribution is 7.19. The molecule has 0 aliphatic heterocycles. The Balaban J connectivity index is 1.86. The molecule has 8 heteroatoms. The first kappa shape index (κ1) is 15.4. The quantitative estimate of drug-likeness (QED) is 0.513. The molecule has 0 aliphatic carbocycles. The lowest BCUT2D eigenvalue weighted by atomic mass is 10.2.